The van der Waals surface area contributed by atoms with Crippen LogP contribution in [-0.2, 0) is 0 Å². The normalized spacial score (nSPS) is 11.6. The third kappa shape index (κ3) is 3.39. The van der Waals surface area contributed by atoms with Gasteiger partial charge in [0.1, 0.15) is 11.5 Å². The molecule has 1 atom stereocenters. The number of carbonyl (C=O) groups excluding carboxylic acids is 1. The Morgan fingerprint density at radius 3 is 2.45 bits per heavy atom. The first-order valence-corrected chi connectivity index (χ1v) is 7.15. The molecule has 116 valence electrons. The molecule has 0 saturated carbocycles. The molecular formula is C18H21NO3. The second-order valence-corrected chi connectivity index (χ2v) is 5.12. The molecule has 2 aromatic rings. The molecular weight excluding hydrogens is 278 g/mol. The minimum atomic E-state index is -0.197. The van der Waals surface area contributed by atoms with Gasteiger partial charge in [0.25, 0.3) is 5.91 Å². The van der Waals surface area contributed by atoms with Crippen LogP contribution >= 0.6 is 0 Å². The molecule has 1 unspecified atom stereocenters. The van der Waals surface area contributed by atoms with Crippen molar-refractivity contribution in [2.24, 2.45) is 0 Å². The van der Waals surface area contributed by atoms with Crippen LogP contribution in [0.3, 0.4) is 0 Å². The molecule has 1 N–H and O–H groups in total. The van der Waals surface area contributed by atoms with Crippen LogP contribution in [0.15, 0.2) is 42.5 Å². The topological polar surface area (TPSA) is 47.6 Å². The molecule has 2 aromatic carbocycles. The Hall–Kier alpha value is -2.49. The van der Waals surface area contributed by atoms with Crippen LogP contribution in [0.2, 0.25) is 0 Å². The van der Waals surface area contributed by atoms with Crippen LogP contribution in [0, 0.1) is 6.92 Å². The van der Waals surface area contributed by atoms with E-state index in [-0.39, 0.29) is 11.9 Å². The van der Waals surface area contributed by atoms with Crippen molar-refractivity contribution in [2.75, 3.05) is 14.2 Å². The largest absolute Gasteiger partial charge is 0.497 e. The van der Waals surface area contributed by atoms with E-state index in [1.54, 1.807) is 14.2 Å². The maximum Gasteiger partial charge on any atom is 0.252 e. The molecule has 0 aliphatic heterocycles. The average molecular weight is 299 g/mol. The monoisotopic (exact) mass is 299 g/mol. The van der Waals surface area contributed by atoms with Crippen LogP contribution in [0.5, 0.6) is 11.5 Å². The Bertz CT molecular complexity index is 667. The lowest BCUT2D eigenvalue weighted by molar-refractivity contribution is 0.0939. The van der Waals surface area contributed by atoms with Gasteiger partial charge in [0.15, 0.2) is 0 Å². The number of benzene rings is 2. The highest BCUT2D eigenvalue weighted by molar-refractivity contribution is 5.95. The van der Waals surface area contributed by atoms with Crippen molar-refractivity contribution >= 4 is 5.91 Å². The summed E-state index contributed by atoms with van der Waals surface area (Å²) in [6, 6.07) is 12.9. The van der Waals surface area contributed by atoms with E-state index >= 15 is 0 Å². The van der Waals surface area contributed by atoms with Crippen molar-refractivity contribution in [1.82, 2.24) is 5.32 Å². The lowest BCUT2D eigenvalue weighted by atomic mass is 10.0. The van der Waals surface area contributed by atoms with Gasteiger partial charge in [0.2, 0.25) is 0 Å². The number of aryl methyl sites for hydroxylation is 1. The molecule has 4 heteroatoms. The summed E-state index contributed by atoms with van der Waals surface area (Å²) in [6.07, 6.45) is 0. The highest BCUT2D eigenvalue weighted by Gasteiger charge is 2.17. The lowest BCUT2D eigenvalue weighted by Crippen LogP contribution is -2.27. The summed E-state index contributed by atoms with van der Waals surface area (Å²) in [6.45, 7) is 3.85. The van der Waals surface area contributed by atoms with Gasteiger partial charge in [-0.2, -0.15) is 0 Å². The SMILES string of the molecule is COc1ccc(OC)c(C(C)NC(=O)c2ccccc2C)c1. The van der Waals surface area contributed by atoms with E-state index in [1.165, 1.54) is 0 Å². The summed E-state index contributed by atoms with van der Waals surface area (Å²) in [5, 5.41) is 3.00. The number of rotatable bonds is 5. The van der Waals surface area contributed by atoms with E-state index in [9.17, 15) is 4.79 Å². The second kappa shape index (κ2) is 6.98. The summed E-state index contributed by atoms with van der Waals surface area (Å²) < 4.78 is 10.6. The molecule has 0 saturated heterocycles. The fourth-order valence-corrected chi connectivity index (χ4v) is 2.36. The standard InChI is InChI=1S/C18H21NO3/c1-12-7-5-6-8-15(12)18(20)19-13(2)16-11-14(21-3)9-10-17(16)22-4/h5-11,13H,1-4H3,(H,19,20). The number of hydrogen-bond acceptors (Lipinski definition) is 3. The predicted molar refractivity (Wildman–Crippen MR) is 86.6 cm³/mol. The van der Waals surface area contributed by atoms with Gasteiger partial charge < -0.3 is 14.8 Å². The molecule has 0 aliphatic rings. The quantitative estimate of drug-likeness (QED) is 0.919. The van der Waals surface area contributed by atoms with Gasteiger partial charge >= 0.3 is 0 Å². The Labute approximate surface area is 131 Å². The van der Waals surface area contributed by atoms with Gasteiger partial charge in [-0.3, -0.25) is 4.79 Å². The lowest BCUT2D eigenvalue weighted by Gasteiger charge is -2.18. The van der Waals surface area contributed by atoms with Gasteiger partial charge in [-0.05, 0) is 43.7 Å². The molecule has 0 fully saturated rings. The fraction of sp³-hybridized carbons (Fsp3) is 0.278. The molecule has 4 nitrogen and oxygen atoms in total. The third-order valence-electron chi connectivity index (χ3n) is 3.64. The average Bonchev–Trinajstić information content (AvgIpc) is 2.54. The van der Waals surface area contributed by atoms with Crippen LogP contribution in [0.25, 0.3) is 0 Å². The molecule has 1 amide bonds. The zero-order chi connectivity index (χ0) is 16.1. The number of carbonyl (C=O) groups is 1. The number of ether oxygens (including phenoxy) is 2. The van der Waals surface area contributed by atoms with E-state index in [0.717, 1.165) is 22.6 Å². The number of hydrogen-bond donors (Lipinski definition) is 1. The summed E-state index contributed by atoms with van der Waals surface area (Å²) >= 11 is 0. The summed E-state index contributed by atoms with van der Waals surface area (Å²) in [5.41, 5.74) is 2.50. The summed E-state index contributed by atoms with van der Waals surface area (Å²) in [7, 11) is 3.23. The first-order valence-electron chi connectivity index (χ1n) is 7.15. The smallest absolute Gasteiger partial charge is 0.252 e. The number of nitrogens with one attached hydrogen (secondary N) is 1. The van der Waals surface area contributed by atoms with E-state index in [1.807, 2.05) is 56.3 Å². The maximum absolute atomic E-state index is 12.4. The zero-order valence-electron chi connectivity index (χ0n) is 13.3. The third-order valence-corrected chi connectivity index (χ3v) is 3.64. The van der Waals surface area contributed by atoms with E-state index in [0.29, 0.717) is 5.56 Å². The van der Waals surface area contributed by atoms with E-state index in [4.69, 9.17) is 9.47 Å². The van der Waals surface area contributed by atoms with Crippen LogP contribution in [0.1, 0.15) is 34.5 Å². The molecule has 0 spiro atoms. The van der Waals surface area contributed by atoms with E-state index < -0.39 is 0 Å². The minimum absolute atomic E-state index is 0.101. The number of methoxy groups -OCH3 is 2. The van der Waals surface area contributed by atoms with Gasteiger partial charge in [0.05, 0.1) is 20.3 Å². The van der Waals surface area contributed by atoms with Gasteiger partial charge in [-0.15, -0.1) is 0 Å². The van der Waals surface area contributed by atoms with Crippen molar-refractivity contribution in [3.05, 3.63) is 59.2 Å². The molecule has 0 radical (unpaired) electrons. The minimum Gasteiger partial charge on any atom is -0.497 e. The Morgan fingerprint density at radius 2 is 1.82 bits per heavy atom. The first kappa shape index (κ1) is 15.9. The molecule has 0 bridgehead atoms. The maximum atomic E-state index is 12.4. The molecule has 22 heavy (non-hydrogen) atoms. The molecule has 0 aliphatic carbocycles. The van der Waals surface area contributed by atoms with Crippen molar-refractivity contribution in [3.63, 3.8) is 0 Å². The van der Waals surface area contributed by atoms with Crippen LogP contribution in [-0.4, -0.2) is 20.1 Å². The van der Waals surface area contributed by atoms with Crippen molar-refractivity contribution < 1.29 is 14.3 Å². The zero-order valence-corrected chi connectivity index (χ0v) is 13.3. The Balaban J connectivity index is 2.23. The van der Waals surface area contributed by atoms with Crippen LogP contribution < -0.4 is 14.8 Å². The molecule has 0 heterocycles. The van der Waals surface area contributed by atoms with Gasteiger partial charge in [-0.1, -0.05) is 18.2 Å². The van der Waals surface area contributed by atoms with Gasteiger partial charge in [-0.25, -0.2) is 0 Å². The summed E-state index contributed by atoms with van der Waals surface area (Å²) in [4.78, 5) is 12.4. The van der Waals surface area contributed by atoms with Crippen LogP contribution in [0.4, 0.5) is 0 Å². The fourth-order valence-electron chi connectivity index (χ4n) is 2.36. The predicted octanol–water partition coefficient (Wildman–Crippen LogP) is 3.50. The number of amides is 1. The van der Waals surface area contributed by atoms with Crippen molar-refractivity contribution in [3.8, 4) is 11.5 Å². The molecule has 2 rings (SSSR count). The van der Waals surface area contributed by atoms with Gasteiger partial charge in [0, 0.05) is 11.1 Å². The first-order chi connectivity index (χ1) is 10.6. The highest BCUT2D eigenvalue weighted by atomic mass is 16.5. The molecule has 0 aromatic heterocycles. The van der Waals surface area contributed by atoms with E-state index in [2.05, 4.69) is 5.32 Å². The Kier molecular flexibility index (Phi) is 5.04. The highest BCUT2D eigenvalue weighted by Crippen LogP contribution is 2.29. The van der Waals surface area contributed by atoms with Crippen molar-refractivity contribution in [1.29, 1.82) is 0 Å². The van der Waals surface area contributed by atoms with Crippen molar-refractivity contribution in [2.45, 2.75) is 19.9 Å². The second-order valence-electron chi connectivity index (χ2n) is 5.12. The Morgan fingerprint density at radius 1 is 1.09 bits per heavy atom. The summed E-state index contributed by atoms with van der Waals surface area (Å²) in [5.74, 6) is 1.35.